The van der Waals surface area contributed by atoms with Gasteiger partial charge in [-0.2, -0.15) is 0 Å². The monoisotopic (exact) mass is 294 g/mol. The SMILES string of the molecule is NC1CCCC(C(=O)Nc2ccc3c4c(cccc24)CC3)C1. The van der Waals surface area contributed by atoms with Gasteiger partial charge < -0.3 is 11.1 Å². The summed E-state index contributed by atoms with van der Waals surface area (Å²) in [7, 11) is 0. The maximum absolute atomic E-state index is 12.6. The molecule has 2 aliphatic rings. The first-order valence-corrected chi connectivity index (χ1v) is 8.32. The Balaban J connectivity index is 1.64. The fourth-order valence-electron chi connectivity index (χ4n) is 4.06. The highest BCUT2D eigenvalue weighted by Gasteiger charge is 2.26. The van der Waals surface area contributed by atoms with Gasteiger partial charge in [0.2, 0.25) is 5.91 Å². The number of hydrogen-bond donors (Lipinski definition) is 2. The molecular formula is C19H22N2O. The molecule has 2 aromatic carbocycles. The number of carbonyl (C=O) groups excluding carboxylic acids is 1. The first kappa shape index (κ1) is 13.8. The molecule has 4 rings (SSSR count). The van der Waals surface area contributed by atoms with Crippen LogP contribution in [-0.2, 0) is 17.6 Å². The van der Waals surface area contributed by atoms with Gasteiger partial charge in [0, 0.05) is 23.0 Å². The molecule has 0 bridgehead atoms. The van der Waals surface area contributed by atoms with Gasteiger partial charge in [-0.1, -0.05) is 30.7 Å². The molecular weight excluding hydrogens is 272 g/mol. The molecule has 2 aliphatic carbocycles. The normalized spacial score (nSPS) is 23.7. The Bertz CT molecular complexity index is 727. The second-order valence-electron chi connectivity index (χ2n) is 6.72. The van der Waals surface area contributed by atoms with Crippen molar-refractivity contribution in [2.45, 2.75) is 44.6 Å². The van der Waals surface area contributed by atoms with Crippen LogP contribution in [0.1, 0.15) is 36.8 Å². The fourth-order valence-corrected chi connectivity index (χ4v) is 4.06. The van der Waals surface area contributed by atoms with Crippen LogP contribution in [0, 0.1) is 5.92 Å². The molecule has 1 fully saturated rings. The summed E-state index contributed by atoms with van der Waals surface area (Å²) in [6, 6.07) is 10.8. The van der Waals surface area contributed by atoms with Gasteiger partial charge in [-0.15, -0.1) is 0 Å². The average molecular weight is 294 g/mol. The lowest BCUT2D eigenvalue weighted by Gasteiger charge is -2.26. The van der Waals surface area contributed by atoms with E-state index in [0.717, 1.165) is 44.2 Å². The summed E-state index contributed by atoms with van der Waals surface area (Å²) in [5.41, 5.74) is 9.78. The van der Waals surface area contributed by atoms with Crippen molar-refractivity contribution in [1.29, 1.82) is 0 Å². The smallest absolute Gasteiger partial charge is 0.227 e. The Kier molecular flexibility index (Phi) is 3.38. The molecule has 0 radical (unpaired) electrons. The highest BCUT2D eigenvalue weighted by molar-refractivity contribution is 6.05. The summed E-state index contributed by atoms with van der Waals surface area (Å²) in [4.78, 5) is 12.6. The Morgan fingerprint density at radius 2 is 1.91 bits per heavy atom. The summed E-state index contributed by atoms with van der Waals surface area (Å²) >= 11 is 0. The van der Waals surface area contributed by atoms with E-state index in [4.69, 9.17) is 5.73 Å². The molecule has 0 aliphatic heterocycles. The van der Waals surface area contributed by atoms with Gasteiger partial charge in [0.25, 0.3) is 0 Å². The minimum Gasteiger partial charge on any atom is -0.328 e. The number of rotatable bonds is 2. The molecule has 2 atom stereocenters. The number of aryl methyl sites for hydroxylation is 2. The summed E-state index contributed by atoms with van der Waals surface area (Å²) < 4.78 is 0. The molecule has 2 unspecified atom stereocenters. The van der Waals surface area contributed by atoms with Gasteiger partial charge in [0.15, 0.2) is 0 Å². The van der Waals surface area contributed by atoms with E-state index in [1.165, 1.54) is 21.9 Å². The van der Waals surface area contributed by atoms with Crippen LogP contribution in [0.2, 0.25) is 0 Å². The second kappa shape index (κ2) is 5.40. The zero-order chi connectivity index (χ0) is 15.1. The largest absolute Gasteiger partial charge is 0.328 e. The second-order valence-corrected chi connectivity index (χ2v) is 6.72. The first-order chi connectivity index (χ1) is 10.7. The van der Waals surface area contributed by atoms with Gasteiger partial charge in [-0.3, -0.25) is 4.79 Å². The van der Waals surface area contributed by atoms with Crippen molar-refractivity contribution in [3.63, 3.8) is 0 Å². The van der Waals surface area contributed by atoms with Crippen LogP contribution < -0.4 is 11.1 Å². The predicted octanol–water partition coefficient (Wildman–Crippen LogP) is 3.39. The third kappa shape index (κ3) is 2.30. The zero-order valence-electron chi connectivity index (χ0n) is 12.8. The highest BCUT2D eigenvalue weighted by atomic mass is 16.1. The lowest BCUT2D eigenvalue weighted by atomic mass is 9.85. The van der Waals surface area contributed by atoms with Crippen LogP contribution >= 0.6 is 0 Å². The third-order valence-electron chi connectivity index (χ3n) is 5.22. The first-order valence-electron chi connectivity index (χ1n) is 8.32. The van der Waals surface area contributed by atoms with E-state index >= 15 is 0 Å². The molecule has 114 valence electrons. The molecule has 1 amide bonds. The van der Waals surface area contributed by atoms with Crippen molar-refractivity contribution in [1.82, 2.24) is 0 Å². The molecule has 2 aromatic rings. The van der Waals surface area contributed by atoms with E-state index in [0.29, 0.717) is 0 Å². The van der Waals surface area contributed by atoms with Crippen LogP contribution in [0.3, 0.4) is 0 Å². The number of hydrogen-bond acceptors (Lipinski definition) is 2. The number of carbonyl (C=O) groups is 1. The van der Waals surface area contributed by atoms with E-state index in [9.17, 15) is 4.79 Å². The van der Waals surface area contributed by atoms with Crippen LogP contribution in [0.15, 0.2) is 30.3 Å². The number of nitrogens with two attached hydrogens (primary N) is 1. The van der Waals surface area contributed by atoms with Crippen LogP contribution in [0.4, 0.5) is 5.69 Å². The van der Waals surface area contributed by atoms with Gasteiger partial charge >= 0.3 is 0 Å². The standard InChI is InChI=1S/C19H22N2O/c20-15-5-1-4-14(11-15)19(22)21-17-10-9-13-8-7-12-3-2-6-16(17)18(12)13/h2-3,6,9-10,14-15H,1,4-5,7-8,11,20H2,(H,21,22). The van der Waals surface area contributed by atoms with Gasteiger partial charge in [0.05, 0.1) is 0 Å². The highest BCUT2D eigenvalue weighted by Crippen LogP contribution is 2.35. The molecule has 3 nitrogen and oxygen atoms in total. The van der Waals surface area contributed by atoms with E-state index in [1.807, 2.05) is 0 Å². The van der Waals surface area contributed by atoms with Crippen molar-refractivity contribution in [3.8, 4) is 0 Å². The van der Waals surface area contributed by atoms with E-state index in [1.54, 1.807) is 0 Å². The molecule has 0 aromatic heterocycles. The molecule has 0 heterocycles. The van der Waals surface area contributed by atoms with E-state index < -0.39 is 0 Å². The lowest BCUT2D eigenvalue weighted by Crippen LogP contribution is -2.34. The van der Waals surface area contributed by atoms with Crippen molar-refractivity contribution in [2.24, 2.45) is 11.7 Å². The number of anilines is 1. The van der Waals surface area contributed by atoms with Crippen LogP contribution in [0.5, 0.6) is 0 Å². The van der Waals surface area contributed by atoms with Crippen LogP contribution in [0.25, 0.3) is 10.8 Å². The van der Waals surface area contributed by atoms with Crippen molar-refractivity contribution in [2.75, 3.05) is 5.32 Å². The Morgan fingerprint density at radius 3 is 2.73 bits per heavy atom. The maximum atomic E-state index is 12.6. The lowest BCUT2D eigenvalue weighted by molar-refractivity contribution is -0.120. The summed E-state index contributed by atoms with van der Waals surface area (Å²) in [6.45, 7) is 0. The number of amides is 1. The maximum Gasteiger partial charge on any atom is 0.227 e. The summed E-state index contributed by atoms with van der Waals surface area (Å²) in [5, 5.41) is 5.69. The molecule has 0 spiro atoms. The van der Waals surface area contributed by atoms with E-state index in [2.05, 4.69) is 35.6 Å². The third-order valence-corrected chi connectivity index (χ3v) is 5.22. The van der Waals surface area contributed by atoms with E-state index in [-0.39, 0.29) is 17.9 Å². The average Bonchev–Trinajstić information content (AvgIpc) is 2.95. The van der Waals surface area contributed by atoms with Crippen molar-refractivity contribution < 1.29 is 4.79 Å². The predicted molar refractivity (Wildman–Crippen MR) is 89.9 cm³/mol. The number of nitrogens with one attached hydrogen (secondary N) is 1. The molecule has 3 N–H and O–H groups in total. The number of benzene rings is 2. The van der Waals surface area contributed by atoms with Crippen molar-refractivity contribution in [3.05, 3.63) is 41.5 Å². The minimum absolute atomic E-state index is 0.0618. The Labute approximate surface area is 130 Å². The van der Waals surface area contributed by atoms with Crippen LogP contribution in [-0.4, -0.2) is 11.9 Å². The molecule has 0 saturated heterocycles. The van der Waals surface area contributed by atoms with Gasteiger partial charge in [0.1, 0.15) is 0 Å². The summed E-state index contributed by atoms with van der Waals surface area (Å²) in [5.74, 6) is 0.195. The molecule has 22 heavy (non-hydrogen) atoms. The zero-order valence-corrected chi connectivity index (χ0v) is 12.8. The molecule has 3 heteroatoms. The Hall–Kier alpha value is -1.87. The quantitative estimate of drug-likeness (QED) is 0.892. The van der Waals surface area contributed by atoms with Crippen molar-refractivity contribution >= 4 is 22.4 Å². The minimum atomic E-state index is 0.0618. The van der Waals surface area contributed by atoms with Gasteiger partial charge in [-0.05, 0) is 54.7 Å². The van der Waals surface area contributed by atoms with Gasteiger partial charge in [-0.25, -0.2) is 0 Å². The summed E-state index contributed by atoms with van der Waals surface area (Å²) in [6.07, 6.45) is 6.10. The topological polar surface area (TPSA) is 55.1 Å². The molecule has 1 saturated carbocycles. The fraction of sp³-hybridized carbons (Fsp3) is 0.421. The Morgan fingerprint density at radius 1 is 1.09 bits per heavy atom.